The minimum atomic E-state index is -4.14. The van der Waals surface area contributed by atoms with Crippen molar-refractivity contribution in [3.05, 3.63) is 53.2 Å². The number of halogens is 5. The zero-order valence-electron chi connectivity index (χ0n) is 26.3. The fraction of sp³-hybridized carbons (Fsp3) is 0.514. The monoisotopic (exact) mass is 652 g/mol. The molecule has 8 rings (SSSR count). The van der Waals surface area contributed by atoms with Gasteiger partial charge in [-0.05, 0) is 80.9 Å². The van der Waals surface area contributed by atoms with Crippen molar-refractivity contribution in [1.29, 1.82) is 0 Å². The van der Waals surface area contributed by atoms with Crippen LogP contribution in [0.4, 0.5) is 27.8 Å². The van der Waals surface area contributed by atoms with Crippen molar-refractivity contribution in [3.63, 3.8) is 0 Å². The Hall–Kier alpha value is -3.64. The van der Waals surface area contributed by atoms with Gasteiger partial charge in [-0.2, -0.15) is 23.1 Å². The number of nitrogens with one attached hydrogen (secondary N) is 1. The predicted molar refractivity (Wildman–Crippen MR) is 170 cm³/mol. The third kappa shape index (κ3) is 5.56. The molecule has 7 nitrogen and oxygen atoms in total. The first-order valence-electron chi connectivity index (χ1n) is 16.6. The second-order valence-corrected chi connectivity index (χ2v) is 13.8. The highest BCUT2D eigenvalue weighted by Gasteiger charge is 2.47. The zero-order valence-corrected chi connectivity index (χ0v) is 26.3. The number of anilines is 1. The number of nitrogens with zero attached hydrogens (tertiary/aromatic N) is 5. The zero-order chi connectivity index (χ0) is 32.5. The quantitative estimate of drug-likeness (QED) is 0.236. The molecule has 1 unspecified atom stereocenters. The van der Waals surface area contributed by atoms with E-state index in [4.69, 9.17) is 14.7 Å². The lowest BCUT2D eigenvalue weighted by Crippen LogP contribution is -2.51. The summed E-state index contributed by atoms with van der Waals surface area (Å²) in [5.74, 6) is -1.59. The summed E-state index contributed by atoms with van der Waals surface area (Å²) in [6.07, 6.45) is -0.712. The van der Waals surface area contributed by atoms with Crippen LogP contribution in [0.25, 0.3) is 32.9 Å². The molecule has 2 aromatic carbocycles. The summed E-state index contributed by atoms with van der Waals surface area (Å²) in [5, 5.41) is 5.44. The van der Waals surface area contributed by atoms with Crippen LogP contribution in [0, 0.1) is 29.9 Å². The fourth-order valence-corrected chi connectivity index (χ4v) is 7.81. The number of benzene rings is 2. The van der Waals surface area contributed by atoms with Crippen molar-refractivity contribution in [2.24, 2.45) is 11.3 Å². The third-order valence-corrected chi connectivity index (χ3v) is 10.7. The lowest BCUT2D eigenvalue weighted by atomic mass is 9.95. The Kier molecular flexibility index (Phi) is 7.51. The Balaban J connectivity index is 1.16. The van der Waals surface area contributed by atoms with E-state index >= 15 is 4.39 Å². The first-order valence-corrected chi connectivity index (χ1v) is 16.6. The van der Waals surface area contributed by atoms with Crippen molar-refractivity contribution in [2.45, 2.75) is 57.7 Å². The maximum atomic E-state index is 16.9. The number of aromatic nitrogens is 3. The molecule has 248 valence electrons. The van der Waals surface area contributed by atoms with E-state index in [1.807, 2.05) is 12.1 Å². The number of hydrogen-bond acceptors (Lipinski definition) is 7. The van der Waals surface area contributed by atoms with E-state index in [2.05, 4.69) is 20.1 Å². The van der Waals surface area contributed by atoms with Gasteiger partial charge in [0.2, 0.25) is 0 Å². The second-order valence-electron chi connectivity index (χ2n) is 13.8. The van der Waals surface area contributed by atoms with Crippen molar-refractivity contribution >= 4 is 27.5 Å². The van der Waals surface area contributed by atoms with Gasteiger partial charge in [0, 0.05) is 43.2 Å². The van der Waals surface area contributed by atoms with Crippen molar-refractivity contribution in [3.8, 4) is 17.3 Å². The molecule has 2 saturated heterocycles. The minimum absolute atomic E-state index is 0.0795. The van der Waals surface area contributed by atoms with Crippen LogP contribution in [0.2, 0.25) is 0 Å². The highest BCUT2D eigenvalue weighted by molar-refractivity contribution is 6.01. The van der Waals surface area contributed by atoms with E-state index in [-0.39, 0.29) is 47.3 Å². The SMILES string of the molecule is Cc1c(F)ccc2cccc(-c3nc4c5c(nc(OCC6(CN7CCC(C(F)(F)F)CC7)CC6)nc5c3F)N3CCNCC3CC4)c12. The third-order valence-electron chi connectivity index (χ3n) is 10.7. The van der Waals surface area contributed by atoms with Gasteiger partial charge in [0.05, 0.1) is 23.6 Å². The smallest absolute Gasteiger partial charge is 0.391 e. The second kappa shape index (κ2) is 11.5. The summed E-state index contributed by atoms with van der Waals surface area (Å²) in [6, 6.07) is 8.81. The van der Waals surface area contributed by atoms with Crippen LogP contribution >= 0.6 is 0 Å². The predicted octanol–water partition coefficient (Wildman–Crippen LogP) is 6.59. The highest BCUT2D eigenvalue weighted by Crippen LogP contribution is 2.48. The number of piperazine rings is 1. The number of alkyl halides is 3. The average molecular weight is 653 g/mol. The van der Waals surface area contributed by atoms with Crippen LogP contribution in [0.5, 0.6) is 6.01 Å². The number of fused-ring (bicyclic) bond motifs is 3. The van der Waals surface area contributed by atoms with Gasteiger partial charge < -0.3 is 19.9 Å². The number of piperidine rings is 1. The van der Waals surface area contributed by atoms with Gasteiger partial charge in [0.25, 0.3) is 0 Å². The molecule has 47 heavy (non-hydrogen) atoms. The molecule has 0 spiro atoms. The summed E-state index contributed by atoms with van der Waals surface area (Å²) < 4.78 is 77.5. The molecular weight excluding hydrogens is 615 g/mol. The minimum Gasteiger partial charge on any atom is -0.463 e. The van der Waals surface area contributed by atoms with Gasteiger partial charge >= 0.3 is 12.2 Å². The molecule has 0 bridgehead atoms. The summed E-state index contributed by atoms with van der Waals surface area (Å²) >= 11 is 0. The normalized spacial score (nSPS) is 21.6. The first-order chi connectivity index (χ1) is 22.6. The molecule has 1 atom stereocenters. The lowest BCUT2D eigenvalue weighted by molar-refractivity contribution is -0.185. The van der Waals surface area contributed by atoms with Crippen LogP contribution < -0.4 is 15.0 Å². The molecule has 4 aliphatic rings. The molecule has 2 aromatic heterocycles. The Morgan fingerprint density at radius 2 is 1.79 bits per heavy atom. The van der Waals surface area contributed by atoms with E-state index in [1.165, 1.54) is 6.07 Å². The molecule has 0 amide bonds. The highest BCUT2D eigenvalue weighted by atomic mass is 19.4. The number of aryl methyl sites for hydroxylation is 2. The van der Waals surface area contributed by atoms with Gasteiger partial charge in [0.1, 0.15) is 22.8 Å². The van der Waals surface area contributed by atoms with Crippen LogP contribution in [0.15, 0.2) is 30.3 Å². The molecule has 3 fully saturated rings. The van der Waals surface area contributed by atoms with Crippen LogP contribution in [0.1, 0.15) is 43.4 Å². The van der Waals surface area contributed by atoms with Crippen LogP contribution in [-0.4, -0.2) is 77.9 Å². The average Bonchev–Trinajstić information content (AvgIpc) is 3.86. The van der Waals surface area contributed by atoms with Gasteiger partial charge in [-0.1, -0.05) is 24.3 Å². The standard InChI is InChI=1S/C35H37F5N6O/c1-20-25(36)7-5-21-3-2-4-24(27(20)21)30-29(37)31-28-26(42-30)8-6-23-17-41-13-16-46(23)32(28)44-33(43-31)47-19-34(11-12-34)18-45-14-9-22(10-15-45)35(38,39)40/h2-5,7,22-23,41H,6,8-19H2,1H3. The van der Waals surface area contributed by atoms with E-state index in [0.29, 0.717) is 72.6 Å². The Labute approximate surface area is 269 Å². The summed E-state index contributed by atoms with van der Waals surface area (Å²) in [4.78, 5) is 18.8. The largest absolute Gasteiger partial charge is 0.463 e. The molecule has 0 radical (unpaired) electrons. The molecule has 1 aliphatic carbocycles. The first kappa shape index (κ1) is 30.7. The van der Waals surface area contributed by atoms with Crippen LogP contribution in [0.3, 0.4) is 0 Å². The van der Waals surface area contributed by atoms with E-state index in [0.717, 1.165) is 37.7 Å². The Bertz CT molecular complexity index is 1850. The number of rotatable bonds is 6. The van der Waals surface area contributed by atoms with E-state index in [1.54, 1.807) is 19.1 Å². The molecule has 1 saturated carbocycles. The Morgan fingerprint density at radius 3 is 2.55 bits per heavy atom. The number of pyridine rings is 1. The van der Waals surface area contributed by atoms with E-state index in [9.17, 15) is 17.6 Å². The maximum Gasteiger partial charge on any atom is 0.391 e. The topological polar surface area (TPSA) is 66.4 Å². The van der Waals surface area contributed by atoms with Gasteiger partial charge in [-0.25, -0.2) is 13.8 Å². The molecule has 5 heterocycles. The molecule has 3 aliphatic heterocycles. The van der Waals surface area contributed by atoms with Crippen LogP contribution in [-0.2, 0) is 6.42 Å². The van der Waals surface area contributed by atoms with E-state index < -0.39 is 17.9 Å². The number of ether oxygens (including phenoxy) is 1. The van der Waals surface area contributed by atoms with Crippen molar-refractivity contribution in [2.75, 3.05) is 50.8 Å². The molecular formula is C35H37F5N6O. The van der Waals surface area contributed by atoms with Crippen molar-refractivity contribution in [1.82, 2.24) is 25.2 Å². The number of hydrogen-bond donors (Lipinski definition) is 1. The molecule has 1 N–H and O–H groups in total. The summed E-state index contributed by atoms with van der Waals surface area (Å²) in [7, 11) is 0. The number of likely N-dealkylation sites (tertiary alicyclic amines) is 1. The van der Waals surface area contributed by atoms with Gasteiger partial charge in [-0.3, -0.25) is 0 Å². The van der Waals surface area contributed by atoms with Gasteiger partial charge in [0.15, 0.2) is 5.82 Å². The van der Waals surface area contributed by atoms with Crippen molar-refractivity contribution < 1.29 is 26.7 Å². The van der Waals surface area contributed by atoms with Gasteiger partial charge in [-0.15, -0.1) is 0 Å². The summed E-state index contributed by atoms with van der Waals surface area (Å²) in [6.45, 7) is 5.69. The fourth-order valence-electron chi connectivity index (χ4n) is 7.81. The lowest BCUT2D eigenvalue weighted by Gasteiger charge is -2.36. The maximum absolute atomic E-state index is 16.9. The summed E-state index contributed by atoms with van der Waals surface area (Å²) in [5.41, 5.74) is 1.72. The molecule has 12 heteroatoms. The Morgan fingerprint density at radius 1 is 0.979 bits per heavy atom. The molecule has 4 aromatic rings.